The van der Waals surface area contributed by atoms with E-state index in [0.717, 1.165) is 22.5 Å². The number of rotatable bonds is 2. The summed E-state index contributed by atoms with van der Waals surface area (Å²) in [4.78, 5) is 11.8. The van der Waals surface area contributed by atoms with Gasteiger partial charge in [-0.1, -0.05) is 35.9 Å². The van der Waals surface area contributed by atoms with Crippen molar-refractivity contribution < 1.29 is 0 Å². The topological polar surface area (TPSA) is 37.8 Å². The number of aryl methyl sites for hydroxylation is 2. The molecule has 0 unspecified atom stereocenters. The van der Waals surface area contributed by atoms with Crippen LogP contribution in [0.15, 0.2) is 59.4 Å². The molecule has 0 atom stereocenters. The van der Waals surface area contributed by atoms with E-state index in [0.29, 0.717) is 0 Å². The molecule has 0 aliphatic carbocycles. The molecule has 3 rings (SSSR count). The summed E-state index contributed by atoms with van der Waals surface area (Å²) in [5.41, 5.74) is 5.11. The Kier molecular flexibility index (Phi) is 3.03. The zero-order valence-electron chi connectivity index (χ0n) is 11.6. The molecule has 3 aromatic rings. The smallest absolute Gasteiger partial charge is 0.265 e. The molecule has 100 valence electrons. The van der Waals surface area contributed by atoms with Crippen molar-refractivity contribution in [1.82, 2.24) is 9.78 Å². The predicted molar refractivity (Wildman–Crippen MR) is 81.3 cm³/mol. The minimum absolute atomic E-state index is 0.0944. The Balaban J connectivity index is 2.21. The molecule has 1 N–H and O–H groups in total. The summed E-state index contributed by atoms with van der Waals surface area (Å²) in [7, 11) is 0. The van der Waals surface area contributed by atoms with Crippen molar-refractivity contribution in [2.45, 2.75) is 13.8 Å². The first-order valence-electron chi connectivity index (χ1n) is 6.60. The number of aromatic nitrogens is 2. The Morgan fingerprint density at radius 3 is 2.30 bits per heavy atom. The van der Waals surface area contributed by atoms with Crippen LogP contribution in [0.1, 0.15) is 11.1 Å². The van der Waals surface area contributed by atoms with Crippen LogP contribution in [0.3, 0.4) is 0 Å². The van der Waals surface area contributed by atoms with E-state index in [1.807, 2.05) is 54.9 Å². The van der Waals surface area contributed by atoms with Crippen LogP contribution in [0.2, 0.25) is 0 Å². The molecule has 0 spiro atoms. The van der Waals surface area contributed by atoms with Crippen LogP contribution in [-0.2, 0) is 0 Å². The number of hydrogen-bond donors (Lipinski definition) is 1. The van der Waals surface area contributed by atoms with Crippen LogP contribution >= 0.6 is 0 Å². The zero-order valence-corrected chi connectivity index (χ0v) is 11.6. The van der Waals surface area contributed by atoms with E-state index < -0.39 is 0 Å². The number of aromatic amines is 1. The molecule has 0 aliphatic rings. The van der Waals surface area contributed by atoms with Gasteiger partial charge >= 0.3 is 0 Å². The van der Waals surface area contributed by atoms with Crippen molar-refractivity contribution in [3.05, 3.63) is 76.1 Å². The fourth-order valence-electron chi connectivity index (χ4n) is 2.38. The molecule has 0 saturated heterocycles. The highest BCUT2D eigenvalue weighted by Crippen LogP contribution is 2.22. The minimum Gasteiger partial charge on any atom is -0.268 e. The Morgan fingerprint density at radius 1 is 0.900 bits per heavy atom. The summed E-state index contributed by atoms with van der Waals surface area (Å²) in [6, 6.07) is 17.8. The van der Waals surface area contributed by atoms with Gasteiger partial charge in [0.15, 0.2) is 0 Å². The average Bonchev–Trinajstić information content (AvgIpc) is 2.81. The van der Waals surface area contributed by atoms with Crippen molar-refractivity contribution in [3.63, 3.8) is 0 Å². The number of H-pyrrole nitrogens is 1. The maximum atomic E-state index is 11.8. The molecule has 0 aliphatic heterocycles. The molecule has 1 aromatic heterocycles. The van der Waals surface area contributed by atoms with E-state index >= 15 is 0 Å². The van der Waals surface area contributed by atoms with Crippen molar-refractivity contribution in [2.75, 3.05) is 0 Å². The lowest BCUT2D eigenvalue weighted by Gasteiger charge is -2.09. The zero-order chi connectivity index (χ0) is 14.1. The number of benzene rings is 2. The van der Waals surface area contributed by atoms with E-state index in [-0.39, 0.29) is 5.56 Å². The maximum absolute atomic E-state index is 11.8. The molecule has 3 heteroatoms. The van der Waals surface area contributed by atoms with Gasteiger partial charge in [-0.05, 0) is 37.6 Å². The first kappa shape index (κ1) is 12.5. The average molecular weight is 264 g/mol. The van der Waals surface area contributed by atoms with Crippen LogP contribution < -0.4 is 5.56 Å². The summed E-state index contributed by atoms with van der Waals surface area (Å²) in [5, 5.41) is 2.87. The largest absolute Gasteiger partial charge is 0.268 e. The molecule has 1 heterocycles. The van der Waals surface area contributed by atoms with Crippen LogP contribution in [0.5, 0.6) is 0 Å². The molecular weight excluding hydrogens is 248 g/mol. The monoisotopic (exact) mass is 264 g/mol. The molecule has 0 radical (unpaired) electrons. The molecule has 3 nitrogen and oxygen atoms in total. The summed E-state index contributed by atoms with van der Waals surface area (Å²) in [6.45, 7) is 4.09. The quantitative estimate of drug-likeness (QED) is 0.756. The van der Waals surface area contributed by atoms with E-state index in [9.17, 15) is 4.79 Å². The molecule has 0 fully saturated rings. The van der Waals surface area contributed by atoms with Crippen LogP contribution in [0.4, 0.5) is 0 Å². The first-order valence-corrected chi connectivity index (χ1v) is 6.60. The van der Waals surface area contributed by atoms with E-state index in [2.05, 4.69) is 17.2 Å². The Hall–Kier alpha value is -2.55. The van der Waals surface area contributed by atoms with Gasteiger partial charge in [0.1, 0.15) is 0 Å². The standard InChI is InChI=1S/C17H16N2O/c1-12-5-3-7-14(9-12)16-11-17(20)18-19(16)15-8-4-6-13(2)10-15/h3-11H,1-2H3,(H,18,20). The lowest BCUT2D eigenvalue weighted by atomic mass is 10.1. The summed E-state index contributed by atoms with van der Waals surface area (Å²) < 4.78 is 1.84. The maximum Gasteiger partial charge on any atom is 0.265 e. The van der Waals surface area contributed by atoms with Crippen molar-refractivity contribution in [2.24, 2.45) is 0 Å². The second kappa shape index (κ2) is 4.85. The summed E-state index contributed by atoms with van der Waals surface area (Å²) in [5.74, 6) is 0. The lowest BCUT2D eigenvalue weighted by Crippen LogP contribution is -2.04. The first-order chi connectivity index (χ1) is 9.63. The third-order valence-corrected chi connectivity index (χ3v) is 3.30. The predicted octanol–water partition coefficient (Wildman–Crippen LogP) is 3.45. The SMILES string of the molecule is Cc1cccc(-c2cc(=O)[nH]n2-c2cccc(C)c2)c1. The van der Waals surface area contributed by atoms with Gasteiger partial charge in [0.05, 0.1) is 11.4 Å². The van der Waals surface area contributed by atoms with Crippen molar-refractivity contribution in [3.8, 4) is 16.9 Å². The lowest BCUT2D eigenvalue weighted by molar-refractivity contribution is 0.869. The third kappa shape index (κ3) is 2.30. The third-order valence-electron chi connectivity index (χ3n) is 3.30. The van der Waals surface area contributed by atoms with Gasteiger partial charge in [-0.25, -0.2) is 0 Å². The van der Waals surface area contributed by atoms with Gasteiger partial charge in [0.25, 0.3) is 5.56 Å². The fraction of sp³-hybridized carbons (Fsp3) is 0.118. The molecule has 2 aromatic carbocycles. The van der Waals surface area contributed by atoms with Crippen LogP contribution in [0, 0.1) is 13.8 Å². The molecule has 0 amide bonds. The number of nitrogens with zero attached hydrogens (tertiary/aromatic N) is 1. The molecule has 20 heavy (non-hydrogen) atoms. The summed E-state index contributed by atoms with van der Waals surface area (Å²) in [6.07, 6.45) is 0. The Labute approximate surface area is 117 Å². The van der Waals surface area contributed by atoms with E-state index in [1.54, 1.807) is 6.07 Å². The van der Waals surface area contributed by atoms with Crippen molar-refractivity contribution >= 4 is 0 Å². The second-order valence-electron chi connectivity index (χ2n) is 5.05. The normalized spacial score (nSPS) is 10.7. The van der Waals surface area contributed by atoms with Gasteiger partial charge in [-0.2, -0.15) is 0 Å². The van der Waals surface area contributed by atoms with Gasteiger partial charge in [0.2, 0.25) is 0 Å². The number of nitrogens with one attached hydrogen (secondary N) is 1. The van der Waals surface area contributed by atoms with Gasteiger partial charge < -0.3 is 0 Å². The van der Waals surface area contributed by atoms with Gasteiger partial charge in [-0.15, -0.1) is 0 Å². The highest BCUT2D eigenvalue weighted by atomic mass is 16.1. The van der Waals surface area contributed by atoms with E-state index in [1.165, 1.54) is 5.56 Å². The number of hydrogen-bond acceptors (Lipinski definition) is 1. The van der Waals surface area contributed by atoms with Crippen LogP contribution in [-0.4, -0.2) is 9.78 Å². The Morgan fingerprint density at radius 2 is 1.60 bits per heavy atom. The highest BCUT2D eigenvalue weighted by molar-refractivity contribution is 5.62. The molecule has 0 bridgehead atoms. The minimum atomic E-state index is -0.0944. The second-order valence-corrected chi connectivity index (χ2v) is 5.05. The molecule has 0 saturated carbocycles. The van der Waals surface area contributed by atoms with Gasteiger partial charge in [-0.3, -0.25) is 14.6 Å². The summed E-state index contributed by atoms with van der Waals surface area (Å²) >= 11 is 0. The van der Waals surface area contributed by atoms with Gasteiger partial charge in [0, 0.05) is 11.6 Å². The van der Waals surface area contributed by atoms with Crippen LogP contribution in [0.25, 0.3) is 16.9 Å². The molecular formula is C17H16N2O. The fourth-order valence-corrected chi connectivity index (χ4v) is 2.38. The highest BCUT2D eigenvalue weighted by Gasteiger charge is 2.09. The Bertz CT molecular complexity index is 746. The van der Waals surface area contributed by atoms with E-state index in [4.69, 9.17) is 0 Å². The van der Waals surface area contributed by atoms with Crippen molar-refractivity contribution in [1.29, 1.82) is 0 Å².